The fourth-order valence-corrected chi connectivity index (χ4v) is 0.856. The standard InChI is InChI=1S/C9H9NO3/c1-6(10-13)7-2-4-8(11)9(12)5-3-7/h2-5,13H,1H3,(H,11,12)/b10-6+. The molecule has 0 amide bonds. The summed E-state index contributed by atoms with van der Waals surface area (Å²) in [5, 5.41) is 20.5. The van der Waals surface area contributed by atoms with Crippen LogP contribution in [0, 0.1) is 0 Å². The Morgan fingerprint density at radius 2 is 1.92 bits per heavy atom. The summed E-state index contributed by atoms with van der Waals surface area (Å²) < 4.78 is 0. The molecule has 68 valence electrons. The van der Waals surface area contributed by atoms with Crippen molar-refractivity contribution in [3.63, 3.8) is 0 Å². The SMILES string of the molecule is C/C(=N\O)c1ccc(O)c(=O)cc1. The molecule has 0 spiro atoms. The molecule has 0 aliphatic rings. The summed E-state index contributed by atoms with van der Waals surface area (Å²) >= 11 is 0. The molecule has 0 saturated heterocycles. The highest BCUT2D eigenvalue weighted by molar-refractivity contribution is 5.98. The molecule has 0 atom stereocenters. The van der Waals surface area contributed by atoms with E-state index in [1.165, 1.54) is 24.3 Å². The number of oxime groups is 1. The van der Waals surface area contributed by atoms with Gasteiger partial charge in [-0.05, 0) is 36.8 Å². The largest absolute Gasteiger partial charge is 0.504 e. The fourth-order valence-electron chi connectivity index (χ4n) is 0.856. The van der Waals surface area contributed by atoms with Crippen molar-refractivity contribution in [1.29, 1.82) is 0 Å². The molecule has 4 nitrogen and oxygen atoms in total. The van der Waals surface area contributed by atoms with E-state index in [4.69, 9.17) is 10.3 Å². The van der Waals surface area contributed by atoms with Crippen LogP contribution in [-0.2, 0) is 0 Å². The molecular weight excluding hydrogens is 170 g/mol. The van der Waals surface area contributed by atoms with Gasteiger partial charge in [0.05, 0.1) is 5.71 Å². The van der Waals surface area contributed by atoms with E-state index in [1.54, 1.807) is 6.92 Å². The molecule has 2 N–H and O–H groups in total. The van der Waals surface area contributed by atoms with Crippen molar-refractivity contribution in [2.45, 2.75) is 6.92 Å². The third kappa shape index (κ3) is 2.05. The van der Waals surface area contributed by atoms with Crippen molar-refractivity contribution < 1.29 is 10.3 Å². The van der Waals surface area contributed by atoms with Gasteiger partial charge in [0.15, 0.2) is 5.75 Å². The molecule has 0 aliphatic carbocycles. The molecular formula is C9H9NO3. The van der Waals surface area contributed by atoms with Gasteiger partial charge in [-0.3, -0.25) is 4.79 Å². The Morgan fingerprint density at radius 1 is 1.31 bits per heavy atom. The Morgan fingerprint density at radius 3 is 2.54 bits per heavy atom. The van der Waals surface area contributed by atoms with Crippen LogP contribution in [0.15, 0.2) is 34.2 Å². The first-order valence-corrected chi connectivity index (χ1v) is 3.67. The van der Waals surface area contributed by atoms with Crippen LogP contribution in [0.2, 0.25) is 0 Å². The molecule has 1 aromatic rings. The van der Waals surface area contributed by atoms with Gasteiger partial charge in [0.2, 0.25) is 5.43 Å². The predicted molar refractivity (Wildman–Crippen MR) is 48.4 cm³/mol. The number of aromatic hydroxyl groups is 1. The first-order valence-electron chi connectivity index (χ1n) is 3.67. The molecule has 0 radical (unpaired) electrons. The van der Waals surface area contributed by atoms with Crippen LogP contribution in [0.1, 0.15) is 12.5 Å². The summed E-state index contributed by atoms with van der Waals surface area (Å²) in [4.78, 5) is 10.9. The van der Waals surface area contributed by atoms with E-state index in [-0.39, 0.29) is 5.75 Å². The minimum absolute atomic E-state index is 0.322. The molecule has 4 heteroatoms. The first-order chi connectivity index (χ1) is 6.15. The second-order valence-electron chi connectivity index (χ2n) is 2.56. The van der Waals surface area contributed by atoms with Gasteiger partial charge in [-0.1, -0.05) is 5.16 Å². The monoisotopic (exact) mass is 179 g/mol. The van der Waals surface area contributed by atoms with Crippen molar-refractivity contribution >= 4 is 5.71 Å². The van der Waals surface area contributed by atoms with Crippen molar-refractivity contribution in [2.75, 3.05) is 0 Å². The van der Waals surface area contributed by atoms with Gasteiger partial charge in [0, 0.05) is 0 Å². The lowest BCUT2D eigenvalue weighted by Crippen LogP contribution is -1.93. The van der Waals surface area contributed by atoms with Crippen molar-refractivity contribution in [3.05, 3.63) is 40.1 Å². The Bertz CT molecular complexity index is 398. The van der Waals surface area contributed by atoms with Gasteiger partial charge in [-0.25, -0.2) is 0 Å². The smallest absolute Gasteiger partial charge is 0.220 e. The Balaban J connectivity index is 3.32. The van der Waals surface area contributed by atoms with Crippen molar-refractivity contribution in [3.8, 4) is 5.75 Å². The zero-order valence-electron chi connectivity index (χ0n) is 7.06. The maximum atomic E-state index is 10.9. The summed E-state index contributed by atoms with van der Waals surface area (Å²) in [6.07, 6.45) is 0. The average molecular weight is 179 g/mol. The van der Waals surface area contributed by atoms with Crippen LogP contribution >= 0.6 is 0 Å². The van der Waals surface area contributed by atoms with Gasteiger partial charge in [-0.15, -0.1) is 0 Å². The Kier molecular flexibility index (Phi) is 2.64. The quantitative estimate of drug-likeness (QED) is 0.383. The number of hydrogen-bond donors (Lipinski definition) is 2. The lowest BCUT2D eigenvalue weighted by molar-refractivity contribution is 0.319. The number of nitrogens with zero attached hydrogens (tertiary/aromatic N) is 1. The normalized spacial score (nSPS) is 11.3. The second kappa shape index (κ2) is 3.71. The third-order valence-electron chi connectivity index (χ3n) is 1.66. The molecule has 0 fully saturated rings. The van der Waals surface area contributed by atoms with Gasteiger partial charge < -0.3 is 10.3 Å². The number of hydrogen-bond acceptors (Lipinski definition) is 4. The van der Waals surface area contributed by atoms with E-state index in [0.29, 0.717) is 11.3 Å². The van der Waals surface area contributed by atoms with Crippen LogP contribution < -0.4 is 5.43 Å². The van der Waals surface area contributed by atoms with Crippen LogP contribution in [0.25, 0.3) is 0 Å². The molecule has 1 rings (SSSR count). The average Bonchev–Trinajstić information content (AvgIpc) is 2.30. The van der Waals surface area contributed by atoms with E-state index >= 15 is 0 Å². The zero-order valence-corrected chi connectivity index (χ0v) is 7.06. The topological polar surface area (TPSA) is 69.9 Å². The minimum atomic E-state index is -0.461. The van der Waals surface area contributed by atoms with Gasteiger partial charge in [0.25, 0.3) is 0 Å². The highest BCUT2D eigenvalue weighted by Gasteiger charge is 1.97. The molecule has 0 aromatic heterocycles. The predicted octanol–water partition coefficient (Wildman–Crippen LogP) is 0.951. The molecule has 0 bridgehead atoms. The molecule has 0 heterocycles. The second-order valence-corrected chi connectivity index (χ2v) is 2.56. The molecule has 0 saturated carbocycles. The number of rotatable bonds is 1. The first kappa shape index (κ1) is 9.25. The lowest BCUT2D eigenvalue weighted by Gasteiger charge is -1.90. The summed E-state index contributed by atoms with van der Waals surface area (Å²) in [5.74, 6) is -0.322. The van der Waals surface area contributed by atoms with Gasteiger partial charge in [-0.2, -0.15) is 0 Å². The molecule has 0 aliphatic heterocycles. The van der Waals surface area contributed by atoms with E-state index in [0.717, 1.165) is 0 Å². The highest BCUT2D eigenvalue weighted by Crippen LogP contribution is 2.02. The fraction of sp³-hybridized carbons (Fsp3) is 0.111. The van der Waals surface area contributed by atoms with Gasteiger partial charge in [0.1, 0.15) is 0 Å². The minimum Gasteiger partial charge on any atom is -0.504 e. The summed E-state index contributed by atoms with van der Waals surface area (Å²) in [5.41, 5.74) is 0.506. The summed E-state index contributed by atoms with van der Waals surface area (Å²) in [7, 11) is 0. The zero-order chi connectivity index (χ0) is 9.84. The maximum absolute atomic E-state index is 10.9. The van der Waals surface area contributed by atoms with Gasteiger partial charge >= 0.3 is 0 Å². The van der Waals surface area contributed by atoms with E-state index in [2.05, 4.69) is 5.16 Å². The van der Waals surface area contributed by atoms with Crippen molar-refractivity contribution in [1.82, 2.24) is 0 Å². The summed E-state index contributed by atoms with van der Waals surface area (Å²) in [6.45, 7) is 1.59. The van der Waals surface area contributed by atoms with E-state index in [9.17, 15) is 4.79 Å². The van der Waals surface area contributed by atoms with E-state index < -0.39 is 5.43 Å². The Hall–Kier alpha value is -1.84. The highest BCUT2D eigenvalue weighted by atomic mass is 16.4. The van der Waals surface area contributed by atoms with Crippen LogP contribution in [0.4, 0.5) is 0 Å². The van der Waals surface area contributed by atoms with Crippen LogP contribution in [0.3, 0.4) is 0 Å². The Labute approximate surface area is 74.8 Å². The molecule has 0 unspecified atom stereocenters. The van der Waals surface area contributed by atoms with Crippen molar-refractivity contribution in [2.24, 2.45) is 5.16 Å². The van der Waals surface area contributed by atoms with Crippen LogP contribution in [-0.4, -0.2) is 16.0 Å². The van der Waals surface area contributed by atoms with Crippen LogP contribution in [0.5, 0.6) is 5.75 Å². The summed E-state index contributed by atoms with van der Waals surface area (Å²) in [6, 6.07) is 5.48. The molecule has 1 aromatic carbocycles. The molecule has 13 heavy (non-hydrogen) atoms. The third-order valence-corrected chi connectivity index (χ3v) is 1.66. The maximum Gasteiger partial charge on any atom is 0.220 e. The van der Waals surface area contributed by atoms with E-state index in [1.807, 2.05) is 0 Å². The lowest BCUT2D eigenvalue weighted by atomic mass is 10.2.